The first-order chi connectivity index (χ1) is 31.2. The van der Waals surface area contributed by atoms with E-state index in [1.165, 1.54) is 7.05 Å². The molecule has 0 aliphatic carbocycles. The van der Waals surface area contributed by atoms with E-state index >= 15 is 4.39 Å². The molecule has 9 rings (SSSR count). The maximum atomic E-state index is 16.6. The fraction of sp³-hybridized carbons (Fsp3) is 0.511. The summed E-state index contributed by atoms with van der Waals surface area (Å²) < 4.78 is 23.8. The zero-order valence-corrected chi connectivity index (χ0v) is 37.9. The number of nitrogens with zero attached hydrogens (tertiary/aromatic N) is 7. The molecule has 5 aliphatic rings. The number of amides is 4. The lowest BCUT2D eigenvalue weighted by Crippen LogP contribution is -2.52. The summed E-state index contributed by atoms with van der Waals surface area (Å²) in [5, 5.41) is 9.33. The van der Waals surface area contributed by atoms with Gasteiger partial charge in [-0.1, -0.05) is 17.7 Å². The van der Waals surface area contributed by atoms with Crippen LogP contribution in [0.25, 0.3) is 10.9 Å². The average molecular weight is 911 g/mol. The Labute approximate surface area is 381 Å². The van der Waals surface area contributed by atoms with Crippen molar-refractivity contribution in [1.82, 2.24) is 35.0 Å². The van der Waals surface area contributed by atoms with Gasteiger partial charge in [0.2, 0.25) is 17.8 Å². The van der Waals surface area contributed by atoms with Gasteiger partial charge in [0.15, 0.2) is 18.2 Å². The Balaban J connectivity index is 0.778. The van der Waals surface area contributed by atoms with Gasteiger partial charge in [-0.25, -0.2) is 9.37 Å². The van der Waals surface area contributed by atoms with Crippen molar-refractivity contribution in [2.45, 2.75) is 89.5 Å². The highest BCUT2D eigenvalue weighted by Gasteiger charge is 2.44. The van der Waals surface area contributed by atoms with Crippen LogP contribution in [0.2, 0.25) is 5.02 Å². The number of fused-ring (bicyclic) bond motifs is 2. The van der Waals surface area contributed by atoms with Gasteiger partial charge in [0.25, 0.3) is 17.4 Å². The van der Waals surface area contributed by atoms with Crippen molar-refractivity contribution in [3.8, 4) is 5.75 Å². The number of imide groups is 1. The molecule has 1 spiro atoms. The van der Waals surface area contributed by atoms with Gasteiger partial charge in [-0.05, 0) is 101 Å². The number of pyridine rings is 1. The number of ether oxygens (including phenoxy) is 1. The predicted molar refractivity (Wildman–Crippen MR) is 246 cm³/mol. The Morgan fingerprint density at radius 3 is 2.40 bits per heavy atom. The number of piperidine rings is 4. The first-order valence-electron chi connectivity index (χ1n) is 22.7. The Morgan fingerprint density at radius 2 is 1.69 bits per heavy atom. The van der Waals surface area contributed by atoms with E-state index in [1.54, 1.807) is 27.8 Å². The maximum Gasteiger partial charge on any atom is 0.293 e. The van der Waals surface area contributed by atoms with E-state index in [9.17, 15) is 24.0 Å². The van der Waals surface area contributed by atoms with E-state index < -0.39 is 17.6 Å². The number of carbonyl (C=O) groups excluding carboxylic acids is 4. The number of likely N-dealkylation sites (tertiary alicyclic amines) is 1. The van der Waals surface area contributed by atoms with Crippen molar-refractivity contribution in [1.29, 1.82) is 0 Å². The van der Waals surface area contributed by atoms with Crippen LogP contribution in [0.15, 0.2) is 53.5 Å². The lowest BCUT2D eigenvalue weighted by molar-refractivity contribution is -0.137. The monoisotopic (exact) mass is 910 g/mol. The lowest BCUT2D eigenvalue weighted by Gasteiger charge is -2.48. The molecular formula is C47H56ClFN10O6. The number of alkyl halides is 1. The van der Waals surface area contributed by atoms with Gasteiger partial charge in [-0.3, -0.25) is 29.3 Å². The molecule has 1 atom stereocenters. The fourth-order valence-corrected chi connectivity index (χ4v) is 10.5. The number of nitrogens with one attached hydrogen (secondary N) is 3. The summed E-state index contributed by atoms with van der Waals surface area (Å²) >= 11 is 6.63. The van der Waals surface area contributed by atoms with E-state index in [0.717, 1.165) is 74.0 Å². The minimum Gasteiger partial charge on any atom is -0.478 e. The molecule has 18 heteroatoms. The predicted octanol–water partition coefficient (Wildman–Crippen LogP) is 5.35. The smallest absolute Gasteiger partial charge is 0.293 e. The first kappa shape index (κ1) is 44.4. The van der Waals surface area contributed by atoms with Crippen molar-refractivity contribution in [2.75, 3.05) is 74.6 Å². The highest BCUT2D eigenvalue weighted by Crippen LogP contribution is 2.44. The zero-order valence-electron chi connectivity index (χ0n) is 37.1. The third-order valence-corrected chi connectivity index (χ3v) is 14.5. The van der Waals surface area contributed by atoms with E-state index in [2.05, 4.69) is 35.6 Å². The summed E-state index contributed by atoms with van der Waals surface area (Å²) in [5.74, 6) is -0.148. The summed E-state index contributed by atoms with van der Waals surface area (Å²) in [6.07, 6.45) is 6.92. The van der Waals surface area contributed by atoms with Gasteiger partial charge in [0, 0.05) is 99.5 Å². The van der Waals surface area contributed by atoms with Crippen molar-refractivity contribution in [2.24, 2.45) is 5.41 Å². The van der Waals surface area contributed by atoms with Crippen molar-refractivity contribution < 1.29 is 28.3 Å². The number of rotatable bonds is 11. The van der Waals surface area contributed by atoms with E-state index in [4.69, 9.17) is 21.3 Å². The number of anilines is 4. The second kappa shape index (κ2) is 17.9. The fourth-order valence-electron chi connectivity index (χ4n) is 10.4. The summed E-state index contributed by atoms with van der Waals surface area (Å²) in [7, 11) is 1.51. The van der Waals surface area contributed by atoms with Crippen LogP contribution in [-0.2, 0) is 20.9 Å². The van der Waals surface area contributed by atoms with Crippen LogP contribution in [0.1, 0.15) is 87.2 Å². The number of hydrogen-bond acceptors (Lipinski definition) is 12. The van der Waals surface area contributed by atoms with Crippen LogP contribution in [-0.4, -0.2) is 119 Å². The van der Waals surface area contributed by atoms with E-state index in [1.807, 2.05) is 44.2 Å². The largest absolute Gasteiger partial charge is 0.478 e. The average Bonchev–Trinajstić information content (AvgIpc) is 3.63. The Kier molecular flexibility index (Phi) is 12.2. The third-order valence-electron chi connectivity index (χ3n) is 14.2. The molecule has 4 fully saturated rings. The molecular weight excluding hydrogens is 855 g/mol. The van der Waals surface area contributed by atoms with Crippen LogP contribution in [0.5, 0.6) is 5.75 Å². The molecule has 1 unspecified atom stereocenters. The Morgan fingerprint density at radius 1 is 0.969 bits per heavy atom. The Bertz CT molecular complexity index is 2580. The minimum atomic E-state index is -1.30. The molecule has 2 aromatic carbocycles. The molecule has 3 N–H and O–H groups in total. The standard InChI is InChI=1S/C47H56ClFN10O6/c1-29(2)59-35-8-7-31(23-30(35)24-38(44(59)64)65-27-40(61)50-3)52-41-34(48)25-51-45(54-41)57-19-13-46(14-20-57)11-17-55(18-12-46)28-47(49)15-21-56(22-16-47)36-6-4-5-32-33(36)26-58(43(32)63)37-9-10-39(60)53-42(37)62/h4-8,23-25,29,37H,9-22,26-28H2,1-3H3,(H,50,61)(H,51,52,54)(H,53,60,62). The van der Waals surface area contributed by atoms with Gasteiger partial charge in [0.05, 0.1) is 11.7 Å². The van der Waals surface area contributed by atoms with E-state index in [0.29, 0.717) is 73.5 Å². The highest BCUT2D eigenvalue weighted by atomic mass is 35.5. The molecule has 344 valence electrons. The lowest BCUT2D eigenvalue weighted by atomic mass is 9.71. The molecule has 0 radical (unpaired) electrons. The topological polar surface area (TPSA) is 174 Å². The molecule has 4 amide bonds. The number of halogens is 2. The number of aromatic nitrogens is 3. The highest BCUT2D eigenvalue weighted by molar-refractivity contribution is 6.33. The van der Waals surface area contributed by atoms with Crippen molar-refractivity contribution in [3.05, 3.63) is 75.2 Å². The number of benzene rings is 2. The summed E-state index contributed by atoms with van der Waals surface area (Å²) in [6, 6.07) is 12.1. The molecule has 16 nitrogen and oxygen atoms in total. The van der Waals surface area contributed by atoms with Gasteiger partial charge in [-0.15, -0.1) is 0 Å². The summed E-state index contributed by atoms with van der Waals surface area (Å²) in [6.45, 7) is 8.66. The molecule has 0 bridgehead atoms. The summed E-state index contributed by atoms with van der Waals surface area (Å²) in [5.41, 5.74) is 2.36. The second-order valence-corrected chi connectivity index (χ2v) is 19.0. The number of hydrogen-bond donors (Lipinski definition) is 3. The van der Waals surface area contributed by atoms with Crippen molar-refractivity contribution in [3.63, 3.8) is 0 Å². The molecule has 65 heavy (non-hydrogen) atoms. The van der Waals surface area contributed by atoms with Gasteiger partial charge < -0.3 is 39.5 Å². The third kappa shape index (κ3) is 8.96. The SMILES string of the molecule is CNC(=O)COc1cc2cc(Nc3nc(N4CCC5(CCN(CC6(F)CCN(c7cccc8c7CN(C7CCC(=O)NC7=O)C8=O)CC6)CC5)CC4)ncc3Cl)ccc2n(C(C)C)c1=O. The van der Waals surface area contributed by atoms with Crippen LogP contribution >= 0.6 is 11.6 Å². The zero-order chi connectivity index (χ0) is 45.6. The Hall–Kier alpha value is -5.81. The van der Waals surface area contributed by atoms with Gasteiger partial charge in [0.1, 0.15) is 16.7 Å². The quantitative estimate of drug-likeness (QED) is 0.165. The molecule has 2 aromatic heterocycles. The number of carbonyl (C=O) groups is 4. The van der Waals surface area contributed by atoms with Gasteiger partial charge >= 0.3 is 0 Å². The maximum absolute atomic E-state index is 16.6. The summed E-state index contributed by atoms with van der Waals surface area (Å²) in [4.78, 5) is 80.6. The number of likely N-dealkylation sites (N-methyl/N-ethyl adjacent to an activating group) is 1. The van der Waals surface area contributed by atoms with E-state index in [-0.39, 0.29) is 53.5 Å². The molecule has 7 heterocycles. The molecule has 5 aliphatic heterocycles. The van der Waals surface area contributed by atoms with Crippen LogP contribution in [0.4, 0.5) is 27.5 Å². The van der Waals surface area contributed by atoms with Crippen LogP contribution in [0, 0.1) is 5.41 Å². The van der Waals surface area contributed by atoms with Gasteiger partial charge in [-0.2, -0.15) is 4.98 Å². The van der Waals surface area contributed by atoms with Crippen molar-refractivity contribution >= 4 is 69.3 Å². The molecule has 4 saturated heterocycles. The van der Waals surface area contributed by atoms with Crippen LogP contribution in [0.3, 0.4) is 0 Å². The molecule has 0 saturated carbocycles. The minimum absolute atomic E-state index is 0.0858. The molecule has 4 aromatic rings. The first-order valence-corrected chi connectivity index (χ1v) is 23.1. The van der Waals surface area contributed by atoms with Crippen LogP contribution < -0.4 is 36.0 Å². The normalized spacial score (nSPS) is 20.9. The second-order valence-electron chi connectivity index (χ2n) is 18.6.